The van der Waals surface area contributed by atoms with E-state index < -0.39 is 10.9 Å². The summed E-state index contributed by atoms with van der Waals surface area (Å²) >= 11 is 0. The van der Waals surface area contributed by atoms with E-state index >= 15 is 0 Å². The van der Waals surface area contributed by atoms with Crippen LogP contribution in [0.4, 0.5) is 5.69 Å². The highest BCUT2D eigenvalue weighted by atomic mass is 16.6. The van der Waals surface area contributed by atoms with E-state index in [4.69, 9.17) is 5.11 Å². The summed E-state index contributed by atoms with van der Waals surface area (Å²) in [7, 11) is 0. The third kappa shape index (κ3) is 2.25. The predicted octanol–water partition coefficient (Wildman–Crippen LogP) is 0.925. The maximum Gasteiger partial charge on any atom is 0.308 e. The number of carbonyl (C=O) groups is 1. The van der Waals surface area contributed by atoms with Gasteiger partial charge < -0.3 is 5.11 Å². The molecule has 6 heteroatoms. The molecule has 14 heavy (non-hydrogen) atoms. The lowest BCUT2D eigenvalue weighted by Crippen LogP contribution is -2.04. The van der Waals surface area contributed by atoms with Gasteiger partial charge in [-0.25, -0.2) is 0 Å². The third-order valence-electron chi connectivity index (χ3n) is 1.64. The topological polar surface area (TPSA) is 93.3 Å². The van der Waals surface area contributed by atoms with E-state index in [-0.39, 0.29) is 17.7 Å². The summed E-state index contributed by atoms with van der Waals surface area (Å²) in [6.45, 7) is 1.65. The van der Waals surface area contributed by atoms with Gasteiger partial charge >= 0.3 is 5.97 Å². The second-order valence-corrected chi connectivity index (χ2v) is 2.78. The number of hydrogen-bond acceptors (Lipinski definition) is 4. The van der Waals surface area contributed by atoms with Crippen LogP contribution in [0.5, 0.6) is 0 Å². The summed E-state index contributed by atoms with van der Waals surface area (Å²) in [5, 5.41) is 19.0. The molecule has 1 aromatic heterocycles. The van der Waals surface area contributed by atoms with Gasteiger partial charge in [-0.1, -0.05) is 0 Å². The number of hydrogen-bond donors (Lipinski definition) is 1. The van der Waals surface area contributed by atoms with E-state index in [1.165, 1.54) is 6.07 Å². The molecule has 1 N–H and O–H groups in total. The summed E-state index contributed by atoms with van der Waals surface area (Å²) in [4.78, 5) is 24.0. The van der Waals surface area contributed by atoms with Crippen molar-refractivity contribution in [3.05, 3.63) is 33.6 Å². The Morgan fingerprint density at radius 3 is 2.86 bits per heavy atom. The summed E-state index contributed by atoms with van der Waals surface area (Å²) < 4.78 is 0. The molecule has 0 radical (unpaired) electrons. The molecular formula is C8H8N2O4. The maximum atomic E-state index is 10.5. The zero-order valence-corrected chi connectivity index (χ0v) is 7.43. The Hall–Kier alpha value is -1.98. The Morgan fingerprint density at radius 2 is 2.36 bits per heavy atom. The largest absolute Gasteiger partial charge is 0.481 e. The normalized spacial score (nSPS) is 9.79. The maximum absolute atomic E-state index is 10.5. The minimum absolute atomic E-state index is 0.176. The molecule has 6 nitrogen and oxygen atoms in total. The summed E-state index contributed by atoms with van der Waals surface area (Å²) in [5.74, 6) is -1.10. The Kier molecular flexibility index (Phi) is 2.76. The average molecular weight is 196 g/mol. The van der Waals surface area contributed by atoms with Gasteiger partial charge in [-0.05, 0) is 13.0 Å². The van der Waals surface area contributed by atoms with Crippen molar-refractivity contribution in [2.75, 3.05) is 0 Å². The zero-order chi connectivity index (χ0) is 10.7. The van der Waals surface area contributed by atoms with Gasteiger partial charge in [0.15, 0.2) is 0 Å². The SMILES string of the molecule is Cc1cc(CC(=O)O)c([N+](=O)[O-])cn1. The van der Waals surface area contributed by atoms with Crippen molar-refractivity contribution >= 4 is 11.7 Å². The molecule has 0 aliphatic carbocycles. The van der Waals surface area contributed by atoms with E-state index in [1.54, 1.807) is 6.92 Å². The van der Waals surface area contributed by atoms with E-state index in [9.17, 15) is 14.9 Å². The number of aliphatic carboxylic acids is 1. The van der Waals surface area contributed by atoms with Crippen molar-refractivity contribution in [3.8, 4) is 0 Å². The highest BCUT2D eigenvalue weighted by Gasteiger charge is 2.16. The Morgan fingerprint density at radius 1 is 1.71 bits per heavy atom. The van der Waals surface area contributed by atoms with Crippen LogP contribution in [0.3, 0.4) is 0 Å². The Labute approximate surface area is 79.4 Å². The Bertz CT molecular complexity index is 389. The molecule has 0 aliphatic heterocycles. The van der Waals surface area contributed by atoms with E-state index in [1.807, 2.05) is 0 Å². The molecule has 74 valence electrons. The number of nitro groups is 1. The molecule has 1 heterocycles. The lowest BCUT2D eigenvalue weighted by atomic mass is 10.1. The first-order valence-electron chi connectivity index (χ1n) is 3.82. The van der Waals surface area contributed by atoms with Gasteiger partial charge in [-0.15, -0.1) is 0 Å². The van der Waals surface area contributed by atoms with Gasteiger partial charge in [0.05, 0.1) is 11.3 Å². The van der Waals surface area contributed by atoms with Crippen LogP contribution in [0.1, 0.15) is 11.3 Å². The first-order valence-corrected chi connectivity index (χ1v) is 3.82. The van der Waals surface area contributed by atoms with E-state index in [2.05, 4.69) is 4.98 Å². The van der Waals surface area contributed by atoms with Crippen LogP contribution in [0.25, 0.3) is 0 Å². The molecule has 0 amide bonds. The van der Waals surface area contributed by atoms with Crippen molar-refractivity contribution < 1.29 is 14.8 Å². The summed E-state index contributed by atoms with van der Waals surface area (Å²) in [6, 6.07) is 1.41. The standard InChI is InChI=1S/C8H8N2O4/c1-5-2-6(3-8(11)12)7(4-9-5)10(13)14/h2,4H,3H2,1H3,(H,11,12). The lowest BCUT2D eigenvalue weighted by Gasteiger charge is -2.00. The van der Waals surface area contributed by atoms with Crippen molar-refractivity contribution in [1.29, 1.82) is 0 Å². The number of pyridine rings is 1. The number of aromatic nitrogens is 1. The van der Waals surface area contributed by atoms with Crippen LogP contribution >= 0.6 is 0 Å². The molecule has 0 spiro atoms. The third-order valence-corrected chi connectivity index (χ3v) is 1.64. The highest BCUT2D eigenvalue weighted by Crippen LogP contribution is 2.18. The molecule has 0 aromatic carbocycles. The fraction of sp³-hybridized carbons (Fsp3) is 0.250. The minimum atomic E-state index is -1.10. The first kappa shape index (κ1) is 10.1. The molecular weight excluding hydrogens is 188 g/mol. The number of aryl methyl sites for hydroxylation is 1. The molecule has 1 aromatic rings. The quantitative estimate of drug-likeness (QED) is 0.573. The molecule has 0 saturated heterocycles. The van der Waals surface area contributed by atoms with Gasteiger partial charge in [0.1, 0.15) is 6.20 Å². The van der Waals surface area contributed by atoms with Gasteiger partial charge in [-0.3, -0.25) is 19.9 Å². The van der Waals surface area contributed by atoms with E-state index in [0.29, 0.717) is 5.69 Å². The predicted molar refractivity (Wildman–Crippen MR) is 47.0 cm³/mol. The van der Waals surface area contributed by atoms with E-state index in [0.717, 1.165) is 6.20 Å². The minimum Gasteiger partial charge on any atom is -0.481 e. The van der Waals surface area contributed by atoms with Crippen molar-refractivity contribution in [2.24, 2.45) is 0 Å². The van der Waals surface area contributed by atoms with Crippen LogP contribution in [-0.4, -0.2) is 21.0 Å². The number of nitrogens with zero attached hydrogens (tertiary/aromatic N) is 2. The van der Waals surface area contributed by atoms with Crippen LogP contribution in [0, 0.1) is 17.0 Å². The summed E-state index contributed by atoms with van der Waals surface area (Å²) in [6.07, 6.45) is 0.716. The number of carboxylic acids is 1. The van der Waals surface area contributed by atoms with Crippen LogP contribution in [0.15, 0.2) is 12.3 Å². The fourth-order valence-corrected chi connectivity index (χ4v) is 1.08. The van der Waals surface area contributed by atoms with Crippen molar-refractivity contribution in [1.82, 2.24) is 4.98 Å². The second-order valence-electron chi connectivity index (χ2n) is 2.78. The first-order chi connectivity index (χ1) is 6.50. The van der Waals surface area contributed by atoms with Gasteiger partial charge in [0.25, 0.3) is 5.69 Å². The number of carboxylic acid groups (broad SMARTS) is 1. The monoisotopic (exact) mass is 196 g/mol. The number of rotatable bonds is 3. The molecule has 0 atom stereocenters. The van der Waals surface area contributed by atoms with Crippen molar-refractivity contribution in [3.63, 3.8) is 0 Å². The van der Waals surface area contributed by atoms with Crippen molar-refractivity contribution in [2.45, 2.75) is 13.3 Å². The molecule has 0 fully saturated rings. The zero-order valence-electron chi connectivity index (χ0n) is 7.43. The van der Waals surface area contributed by atoms with Gasteiger partial charge in [0.2, 0.25) is 0 Å². The van der Waals surface area contributed by atoms with Crippen LogP contribution in [-0.2, 0) is 11.2 Å². The Balaban J connectivity index is 3.15. The van der Waals surface area contributed by atoms with Gasteiger partial charge in [0, 0.05) is 11.3 Å². The average Bonchev–Trinajstić information content (AvgIpc) is 2.01. The van der Waals surface area contributed by atoms with Crippen LogP contribution in [0.2, 0.25) is 0 Å². The van der Waals surface area contributed by atoms with Crippen LogP contribution < -0.4 is 0 Å². The molecule has 1 rings (SSSR count). The molecule has 0 aliphatic rings. The summed E-state index contributed by atoms with van der Waals surface area (Å²) in [5.41, 5.74) is 0.486. The second kappa shape index (κ2) is 3.82. The lowest BCUT2D eigenvalue weighted by molar-refractivity contribution is -0.385. The smallest absolute Gasteiger partial charge is 0.308 e. The fourth-order valence-electron chi connectivity index (χ4n) is 1.08. The molecule has 0 bridgehead atoms. The highest BCUT2D eigenvalue weighted by molar-refractivity contribution is 5.71. The molecule has 0 unspecified atom stereocenters. The molecule has 0 saturated carbocycles. The van der Waals surface area contributed by atoms with Gasteiger partial charge in [-0.2, -0.15) is 0 Å².